The Balaban J connectivity index is 2.72. The molecule has 1 aromatic heterocycles. The minimum Gasteiger partial charge on any atom is -0.481 e. The number of hydrogen-bond donors (Lipinski definition) is 1. The first kappa shape index (κ1) is 12.2. The molecule has 15 heavy (non-hydrogen) atoms. The van der Waals surface area contributed by atoms with E-state index in [1.807, 2.05) is 6.92 Å². The number of carboxylic acid groups (broad SMARTS) is 1. The van der Waals surface area contributed by atoms with Gasteiger partial charge >= 0.3 is 5.97 Å². The largest absolute Gasteiger partial charge is 0.481 e. The van der Waals surface area contributed by atoms with E-state index in [-0.39, 0.29) is 6.42 Å². The molecule has 84 valence electrons. The zero-order valence-electron chi connectivity index (χ0n) is 9.41. The van der Waals surface area contributed by atoms with E-state index in [1.165, 1.54) is 4.88 Å². The third-order valence-electron chi connectivity index (χ3n) is 2.05. The lowest BCUT2D eigenvalue weighted by Gasteiger charge is -2.03. The summed E-state index contributed by atoms with van der Waals surface area (Å²) in [5.74, 6) is -0.162. The highest BCUT2D eigenvalue weighted by molar-refractivity contribution is 7.11. The normalized spacial score (nSPS) is 10.9. The van der Waals surface area contributed by atoms with Gasteiger partial charge in [0.25, 0.3) is 0 Å². The number of aliphatic carboxylic acids is 1. The second-order valence-corrected chi connectivity index (χ2v) is 5.38. The highest BCUT2D eigenvalue weighted by atomic mass is 32.1. The fraction of sp³-hybridized carbons (Fsp3) is 0.636. The van der Waals surface area contributed by atoms with Gasteiger partial charge in [0.05, 0.1) is 17.1 Å². The first-order chi connectivity index (χ1) is 6.99. The number of thiazole rings is 1. The summed E-state index contributed by atoms with van der Waals surface area (Å²) in [6, 6.07) is 0. The molecule has 3 nitrogen and oxygen atoms in total. The van der Waals surface area contributed by atoms with Crippen molar-refractivity contribution >= 4 is 17.3 Å². The maximum atomic E-state index is 10.5. The van der Waals surface area contributed by atoms with Crippen LogP contribution < -0.4 is 0 Å². The van der Waals surface area contributed by atoms with Crippen LogP contribution in [0.5, 0.6) is 0 Å². The summed E-state index contributed by atoms with van der Waals surface area (Å²) in [6.45, 7) is 6.30. The highest BCUT2D eigenvalue weighted by Gasteiger charge is 2.11. The number of carbonyl (C=O) groups is 1. The fourth-order valence-electron chi connectivity index (χ4n) is 1.46. The van der Waals surface area contributed by atoms with Gasteiger partial charge in [-0.15, -0.1) is 11.3 Å². The molecule has 0 aliphatic heterocycles. The number of aromatic nitrogens is 1. The molecule has 0 amide bonds. The van der Waals surface area contributed by atoms with Crippen LogP contribution in [-0.2, 0) is 17.6 Å². The molecule has 0 spiro atoms. The van der Waals surface area contributed by atoms with Crippen molar-refractivity contribution in [2.75, 3.05) is 0 Å². The summed E-state index contributed by atoms with van der Waals surface area (Å²) in [7, 11) is 0. The van der Waals surface area contributed by atoms with Gasteiger partial charge in [0, 0.05) is 11.3 Å². The average molecular weight is 227 g/mol. The molecule has 0 aliphatic rings. The lowest BCUT2D eigenvalue weighted by molar-refractivity contribution is -0.136. The van der Waals surface area contributed by atoms with Crippen LogP contribution >= 0.6 is 11.3 Å². The van der Waals surface area contributed by atoms with Crippen molar-refractivity contribution in [2.24, 2.45) is 5.92 Å². The second-order valence-electron chi connectivity index (χ2n) is 4.09. The fourth-order valence-corrected chi connectivity index (χ4v) is 2.66. The molecule has 1 heterocycles. The minimum atomic E-state index is -0.754. The van der Waals surface area contributed by atoms with Crippen LogP contribution in [0.1, 0.15) is 35.8 Å². The van der Waals surface area contributed by atoms with Gasteiger partial charge in [-0.1, -0.05) is 13.8 Å². The van der Waals surface area contributed by atoms with E-state index < -0.39 is 5.97 Å². The molecule has 0 fully saturated rings. The van der Waals surface area contributed by atoms with Gasteiger partial charge in [-0.2, -0.15) is 0 Å². The van der Waals surface area contributed by atoms with Gasteiger partial charge < -0.3 is 5.11 Å². The molecule has 0 atom stereocenters. The SMILES string of the molecule is Cc1nc(CCC(=O)O)c(CC(C)C)s1. The Hall–Kier alpha value is -0.900. The van der Waals surface area contributed by atoms with Crippen LogP contribution in [0, 0.1) is 12.8 Å². The number of rotatable bonds is 5. The zero-order valence-corrected chi connectivity index (χ0v) is 10.2. The van der Waals surface area contributed by atoms with Crippen molar-refractivity contribution in [1.82, 2.24) is 4.98 Å². The van der Waals surface area contributed by atoms with E-state index in [0.29, 0.717) is 12.3 Å². The average Bonchev–Trinajstić information content (AvgIpc) is 2.41. The van der Waals surface area contributed by atoms with Crippen LogP contribution in [-0.4, -0.2) is 16.1 Å². The van der Waals surface area contributed by atoms with Crippen LogP contribution in [0.4, 0.5) is 0 Å². The number of nitrogens with zero attached hydrogens (tertiary/aromatic N) is 1. The molecule has 4 heteroatoms. The van der Waals surface area contributed by atoms with Crippen molar-refractivity contribution < 1.29 is 9.90 Å². The molecule has 0 aliphatic carbocycles. The first-order valence-corrected chi connectivity index (χ1v) is 5.97. The van der Waals surface area contributed by atoms with Gasteiger partial charge in [-0.25, -0.2) is 4.98 Å². The Morgan fingerprint density at radius 3 is 2.73 bits per heavy atom. The summed E-state index contributed by atoms with van der Waals surface area (Å²) in [5, 5.41) is 9.66. The summed E-state index contributed by atoms with van der Waals surface area (Å²) in [4.78, 5) is 16.1. The minimum absolute atomic E-state index is 0.175. The molecular formula is C11H17NO2S. The van der Waals surface area contributed by atoms with Crippen molar-refractivity contribution in [1.29, 1.82) is 0 Å². The van der Waals surface area contributed by atoms with E-state index in [2.05, 4.69) is 18.8 Å². The predicted octanol–water partition coefficient (Wildman–Crippen LogP) is 2.67. The number of aryl methyl sites for hydroxylation is 2. The molecule has 0 bridgehead atoms. The van der Waals surface area contributed by atoms with E-state index in [4.69, 9.17) is 5.11 Å². The molecule has 1 aromatic rings. The van der Waals surface area contributed by atoms with E-state index in [0.717, 1.165) is 17.1 Å². The Labute approximate surface area is 94.2 Å². The maximum Gasteiger partial charge on any atom is 0.303 e. The molecule has 0 radical (unpaired) electrons. The van der Waals surface area contributed by atoms with Gasteiger partial charge in [0.1, 0.15) is 0 Å². The predicted molar refractivity (Wildman–Crippen MR) is 61.3 cm³/mol. The van der Waals surface area contributed by atoms with Gasteiger partial charge in [0.2, 0.25) is 0 Å². The number of carboxylic acids is 1. The zero-order chi connectivity index (χ0) is 11.4. The Morgan fingerprint density at radius 2 is 2.20 bits per heavy atom. The lowest BCUT2D eigenvalue weighted by Crippen LogP contribution is -2.01. The van der Waals surface area contributed by atoms with Crippen LogP contribution in [0.3, 0.4) is 0 Å². The van der Waals surface area contributed by atoms with Crippen molar-refractivity contribution in [3.05, 3.63) is 15.6 Å². The summed E-state index contributed by atoms with van der Waals surface area (Å²) in [6.07, 6.45) is 1.73. The summed E-state index contributed by atoms with van der Waals surface area (Å²) in [5.41, 5.74) is 0.980. The van der Waals surface area contributed by atoms with Crippen LogP contribution in [0.2, 0.25) is 0 Å². The molecular weight excluding hydrogens is 210 g/mol. The highest BCUT2D eigenvalue weighted by Crippen LogP contribution is 2.22. The lowest BCUT2D eigenvalue weighted by atomic mass is 10.1. The van der Waals surface area contributed by atoms with Crippen LogP contribution in [0.15, 0.2) is 0 Å². The Morgan fingerprint density at radius 1 is 1.53 bits per heavy atom. The van der Waals surface area contributed by atoms with Crippen molar-refractivity contribution in [2.45, 2.75) is 40.0 Å². The Kier molecular flexibility index (Phi) is 4.27. The quantitative estimate of drug-likeness (QED) is 0.841. The van der Waals surface area contributed by atoms with Gasteiger partial charge in [-0.3, -0.25) is 4.79 Å². The van der Waals surface area contributed by atoms with Crippen molar-refractivity contribution in [3.8, 4) is 0 Å². The molecule has 1 N–H and O–H groups in total. The molecule has 1 rings (SSSR count). The van der Waals surface area contributed by atoms with Crippen LogP contribution in [0.25, 0.3) is 0 Å². The summed E-state index contributed by atoms with van der Waals surface area (Å²) < 4.78 is 0. The van der Waals surface area contributed by atoms with Crippen molar-refractivity contribution in [3.63, 3.8) is 0 Å². The summed E-state index contributed by atoms with van der Waals surface area (Å²) >= 11 is 1.69. The standard InChI is InChI=1S/C11H17NO2S/c1-7(2)6-10-9(4-5-11(13)14)12-8(3)15-10/h7H,4-6H2,1-3H3,(H,13,14). The first-order valence-electron chi connectivity index (χ1n) is 5.16. The molecule has 0 unspecified atom stereocenters. The van der Waals surface area contributed by atoms with Gasteiger partial charge in [-0.05, 0) is 19.3 Å². The van der Waals surface area contributed by atoms with Gasteiger partial charge in [0.15, 0.2) is 0 Å². The monoisotopic (exact) mass is 227 g/mol. The third-order valence-corrected chi connectivity index (χ3v) is 3.09. The number of hydrogen-bond acceptors (Lipinski definition) is 3. The smallest absolute Gasteiger partial charge is 0.303 e. The van der Waals surface area contributed by atoms with E-state index in [1.54, 1.807) is 11.3 Å². The van der Waals surface area contributed by atoms with E-state index >= 15 is 0 Å². The van der Waals surface area contributed by atoms with E-state index in [9.17, 15) is 4.79 Å². The third kappa shape index (κ3) is 4.00. The second kappa shape index (κ2) is 5.26. The molecule has 0 saturated carbocycles. The topological polar surface area (TPSA) is 50.2 Å². The Bertz CT molecular complexity index is 344. The molecule has 0 saturated heterocycles. The molecule has 0 aromatic carbocycles. The maximum absolute atomic E-state index is 10.5.